The van der Waals surface area contributed by atoms with Crippen LogP contribution in [-0.2, 0) is 14.8 Å². The van der Waals surface area contributed by atoms with Gasteiger partial charge in [0, 0.05) is 19.2 Å². The third-order valence-corrected chi connectivity index (χ3v) is 5.74. The largest absolute Gasteiger partial charge is 0.381 e. The van der Waals surface area contributed by atoms with Crippen molar-refractivity contribution in [3.63, 3.8) is 0 Å². The van der Waals surface area contributed by atoms with E-state index < -0.39 is 10.0 Å². The number of piperidine rings is 1. The van der Waals surface area contributed by atoms with Crippen molar-refractivity contribution in [2.45, 2.75) is 38.6 Å². The molecule has 112 valence electrons. The molecule has 6 heteroatoms. The van der Waals surface area contributed by atoms with E-state index in [1.54, 1.807) is 4.31 Å². The van der Waals surface area contributed by atoms with Crippen LogP contribution in [0, 0.1) is 5.92 Å². The maximum Gasteiger partial charge on any atom is 0.216 e. The highest BCUT2D eigenvalue weighted by Crippen LogP contribution is 2.31. The minimum Gasteiger partial charge on any atom is -0.381 e. The number of nitrogens with one attached hydrogen (secondary N) is 1. The van der Waals surface area contributed by atoms with Crippen molar-refractivity contribution in [1.29, 1.82) is 0 Å². The van der Waals surface area contributed by atoms with Crippen molar-refractivity contribution in [3.8, 4) is 0 Å². The highest BCUT2D eigenvalue weighted by atomic mass is 32.2. The van der Waals surface area contributed by atoms with Crippen molar-refractivity contribution < 1.29 is 13.2 Å². The number of rotatable bonds is 8. The number of hydrogen-bond donors (Lipinski definition) is 1. The van der Waals surface area contributed by atoms with Crippen LogP contribution in [0.2, 0.25) is 0 Å². The van der Waals surface area contributed by atoms with Gasteiger partial charge in [0.1, 0.15) is 0 Å². The van der Waals surface area contributed by atoms with Crippen LogP contribution in [0.15, 0.2) is 0 Å². The summed E-state index contributed by atoms with van der Waals surface area (Å²) in [5.41, 5.74) is 0. The topological polar surface area (TPSA) is 58.6 Å². The van der Waals surface area contributed by atoms with E-state index in [0.717, 1.165) is 38.8 Å². The molecule has 0 atom stereocenters. The van der Waals surface area contributed by atoms with Gasteiger partial charge >= 0.3 is 0 Å². The Balaban J connectivity index is 1.90. The molecule has 0 unspecified atom stereocenters. The fraction of sp³-hybridized carbons (Fsp3) is 1.00. The zero-order valence-corrected chi connectivity index (χ0v) is 12.6. The normalized spacial score (nSPS) is 22.0. The summed E-state index contributed by atoms with van der Waals surface area (Å²) in [4.78, 5) is 0. The van der Waals surface area contributed by atoms with Gasteiger partial charge in [0.25, 0.3) is 0 Å². The quantitative estimate of drug-likeness (QED) is 0.672. The number of nitrogens with zero attached hydrogens (tertiary/aromatic N) is 1. The lowest BCUT2D eigenvalue weighted by Gasteiger charge is -2.29. The van der Waals surface area contributed by atoms with E-state index in [2.05, 4.69) is 5.32 Å². The molecule has 0 aromatic heterocycles. The molecule has 1 saturated heterocycles. The van der Waals surface area contributed by atoms with Crippen molar-refractivity contribution in [2.75, 3.05) is 38.6 Å². The van der Waals surface area contributed by atoms with E-state index in [0.29, 0.717) is 25.7 Å². The first-order valence-corrected chi connectivity index (χ1v) is 9.02. The van der Waals surface area contributed by atoms with E-state index in [9.17, 15) is 8.42 Å². The Morgan fingerprint density at radius 2 is 1.89 bits per heavy atom. The van der Waals surface area contributed by atoms with E-state index in [-0.39, 0.29) is 11.8 Å². The molecule has 0 spiro atoms. The summed E-state index contributed by atoms with van der Waals surface area (Å²) >= 11 is 0. The molecule has 1 aliphatic heterocycles. The minimum atomic E-state index is -3.14. The molecule has 0 radical (unpaired) electrons. The van der Waals surface area contributed by atoms with Crippen LogP contribution in [0.4, 0.5) is 0 Å². The fourth-order valence-electron chi connectivity index (χ4n) is 2.60. The van der Waals surface area contributed by atoms with Crippen LogP contribution in [0.3, 0.4) is 0 Å². The third-order valence-electron chi connectivity index (χ3n) is 3.90. The maximum absolute atomic E-state index is 12.4. The third kappa shape index (κ3) is 4.70. The molecular weight excluding hydrogens is 264 g/mol. The Morgan fingerprint density at radius 1 is 1.21 bits per heavy atom. The summed E-state index contributed by atoms with van der Waals surface area (Å²) in [6.45, 7) is 5.52. The van der Waals surface area contributed by atoms with Crippen LogP contribution < -0.4 is 5.32 Å². The Kier molecular flexibility index (Phi) is 5.62. The van der Waals surface area contributed by atoms with E-state index >= 15 is 0 Å². The summed E-state index contributed by atoms with van der Waals surface area (Å²) in [6, 6.07) is 0.265. The molecule has 0 aromatic carbocycles. The summed E-state index contributed by atoms with van der Waals surface area (Å²) < 4.78 is 31.7. The molecule has 5 nitrogen and oxygen atoms in total. The van der Waals surface area contributed by atoms with Gasteiger partial charge in [-0.15, -0.1) is 0 Å². The molecule has 19 heavy (non-hydrogen) atoms. The first-order chi connectivity index (χ1) is 9.13. The molecule has 0 aromatic rings. The molecule has 2 rings (SSSR count). The van der Waals surface area contributed by atoms with Crippen molar-refractivity contribution in [2.24, 2.45) is 5.92 Å². The van der Waals surface area contributed by atoms with Crippen molar-refractivity contribution in [3.05, 3.63) is 0 Å². The van der Waals surface area contributed by atoms with Crippen LogP contribution in [-0.4, -0.2) is 57.4 Å². The second-order valence-electron chi connectivity index (χ2n) is 5.51. The number of ether oxygens (including phenoxy) is 1. The smallest absolute Gasteiger partial charge is 0.216 e. The van der Waals surface area contributed by atoms with Gasteiger partial charge in [0.2, 0.25) is 10.0 Å². The Morgan fingerprint density at radius 3 is 2.47 bits per heavy atom. The lowest BCUT2D eigenvalue weighted by molar-refractivity contribution is 0.162. The molecule has 1 aliphatic carbocycles. The van der Waals surface area contributed by atoms with Crippen molar-refractivity contribution in [1.82, 2.24) is 9.62 Å². The van der Waals surface area contributed by atoms with Gasteiger partial charge in [-0.1, -0.05) is 0 Å². The number of sulfonamides is 1. The highest BCUT2D eigenvalue weighted by molar-refractivity contribution is 7.89. The Bertz CT molecular complexity index is 362. The average Bonchev–Trinajstić information content (AvgIpc) is 3.21. The summed E-state index contributed by atoms with van der Waals surface area (Å²) in [7, 11) is -3.14. The van der Waals surface area contributed by atoms with Gasteiger partial charge in [-0.3, -0.25) is 0 Å². The summed E-state index contributed by atoms with van der Waals surface area (Å²) in [5, 5.41) is 3.33. The summed E-state index contributed by atoms with van der Waals surface area (Å²) in [5.74, 6) is 0.645. The van der Waals surface area contributed by atoms with Gasteiger partial charge in [-0.2, -0.15) is 4.31 Å². The SMILES string of the molecule is CCOCCS(=O)(=O)N(CC1CCNCC1)C1CC1. The number of hydrogen-bond acceptors (Lipinski definition) is 4. The van der Waals surface area contributed by atoms with Crippen LogP contribution in [0.5, 0.6) is 0 Å². The van der Waals surface area contributed by atoms with Gasteiger partial charge in [-0.05, 0) is 51.6 Å². The lowest BCUT2D eigenvalue weighted by Crippen LogP contribution is -2.42. The van der Waals surface area contributed by atoms with Gasteiger partial charge < -0.3 is 10.1 Å². The zero-order valence-electron chi connectivity index (χ0n) is 11.8. The zero-order chi connectivity index (χ0) is 13.7. The predicted octanol–water partition coefficient (Wildman–Crippen LogP) is 0.817. The van der Waals surface area contributed by atoms with E-state index in [1.165, 1.54) is 0 Å². The lowest BCUT2D eigenvalue weighted by atomic mass is 9.98. The van der Waals surface area contributed by atoms with E-state index in [1.807, 2.05) is 6.92 Å². The molecule has 1 heterocycles. The van der Waals surface area contributed by atoms with Gasteiger partial charge in [0.15, 0.2) is 0 Å². The molecule has 0 bridgehead atoms. The standard InChI is InChI=1S/C13H26N2O3S/c1-2-18-9-10-19(16,17)15(13-3-4-13)11-12-5-7-14-8-6-12/h12-14H,2-11H2,1H3. The predicted molar refractivity (Wildman–Crippen MR) is 75.6 cm³/mol. The fourth-order valence-corrected chi connectivity index (χ4v) is 4.26. The molecule has 1 N–H and O–H groups in total. The first kappa shape index (κ1) is 15.2. The molecule has 0 amide bonds. The summed E-state index contributed by atoms with van der Waals surface area (Å²) in [6.07, 6.45) is 4.23. The Hall–Kier alpha value is -0.170. The molecule has 2 fully saturated rings. The first-order valence-electron chi connectivity index (χ1n) is 7.41. The molecule has 1 saturated carbocycles. The molecule has 2 aliphatic rings. The second kappa shape index (κ2) is 7.02. The maximum atomic E-state index is 12.4. The van der Waals surface area contributed by atoms with Crippen LogP contribution >= 0.6 is 0 Å². The minimum absolute atomic E-state index is 0.127. The monoisotopic (exact) mass is 290 g/mol. The van der Waals surface area contributed by atoms with Crippen LogP contribution in [0.1, 0.15) is 32.6 Å². The van der Waals surface area contributed by atoms with Gasteiger partial charge in [-0.25, -0.2) is 8.42 Å². The Labute approximate surface area is 116 Å². The second-order valence-corrected chi connectivity index (χ2v) is 7.55. The van der Waals surface area contributed by atoms with Gasteiger partial charge in [0.05, 0.1) is 12.4 Å². The highest BCUT2D eigenvalue weighted by Gasteiger charge is 2.38. The average molecular weight is 290 g/mol. The van der Waals surface area contributed by atoms with E-state index in [4.69, 9.17) is 4.74 Å². The van der Waals surface area contributed by atoms with Crippen molar-refractivity contribution >= 4 is 10.0 Å². The molecular formula is C13H26N2O3S. The van der Waals surface area contributed by atoms with Crippen LogP contribution in [0.25, 0.3) is 0 Å².